The van der Waals surface area contributed by atoms with Gasteiger partial charge in [-0.05, 0) is 40.6 Å². The molecular weight excluding hydrogens is 230 g/mol. The lowest BCUT2D eigenvalue weighted by molar-refractivity contribution is 1.35. The molecule has 0 saturated heterocycles. The Kier molecular flexibility index (Phi) is 3.74. The van der Waals surface area contributed by atoms with Crippen LogP contribution < -0.4 is 5.30 Å². The lowest BCUT2D eigenvalue weighted by atomic mass is 9.99. The van der Waals surface area contributed by atoms with Crippen molar-refractivity contribution in [3.05, 3.63) is 53.6 Å². The highest BCUT2D eigenvalue weighted by molar-refractivity contribution is 7.27. The van der Waals surface area contributed by atoms with Gasteiger partial charge in [-0.3, -0.25) is 0 Å². The molecule has 2 aromatic carbocycles. The summed E-state index contributed by atoms with van der Waals surface area (Å²) < 4.78 is 0. The predicted molar refractivity (Wildman–Crippen MR) is 79.4 cm³/mol. The fourth-order valence-electron chi connectivity index (χ4n) is 1.84. The second-order valence-electron chi connectivity index (χ2n) is 3.98. The maximum Gasteiger partial charge on any atom is -0.0128 e. The third kappa shape index (κ3) is 2.51. The van der Waals surface area contributed by atoms with Crippen LogP contribution in [0.1, 0.15) is 11.1 Å². The molecule has 0 aliphatic heterocycles. The summed E-state index contributed by atoms with van der Waals surface area (Å²) >= 11 is 0. The summed E-state index contributed by atoms with van der Waals surface area (Å²) in [6.45, 7) is 2.17. The van der Waals surface area contributed by atoms with Gasteiger partial charge in [0.25, 0.3) is 0 Å². The number of benzene rings is 2. The molecule has 0 aliphatic carbocycles. The van der Waals surface area contributed by atoms with Gasteiger partial charge < -0.3 is 0 Å². The van der Waals surface area contributed by atoms with Crippen molar-refractivity contribution in [1.29, 1.82) is 0 Å². The van der Waals surface area contributed by atoms with Crippen molar-refractivity contribution in [1.82, 2.24) is 0 Å². The molecule has 0 radical (unpaired) electrons. The molecule has 2 heteroatoms. The first kappa shape index (κ1) is 11.8. The zero-order valence-electron chi connectivity index (χ0n) is 9.40. The molecule has 0 aliphatic rings. The van der Waals surface area contributed by atoms with Crippen LogP contribution in [0.5, 0.6) is 0 Å². The standard InChI is InChI=1S/C14H16P2/c1-10-8-11(9-15)2-7-14(10)12-3-5-13(16)6-4-12/h2-8H,9,15-16H2,1H3. The monoisotopic (exact) mass is 246 g/mol. The van der Waals surface area contributed by atoms with E-state index >= 15 is 0 Å². The summed E-state index contributed by atoms with van der Waals surface area (Å²) in [4.78, 5) is 0. The first-order valence-electron chi connectivity index (χ1n) is 5.36. The van der Waals surface area contributed by atoms with Crippen molar-refractivity contribution in [2.45, 2.75) is 13.1 Å². The van der Waals surface area contributed by atoms with Crippen molar-refractivity contribution in [2.75, 3.05) is 0 Å². The topological polar surface area (TPSA) is 0 Å². The van der Waals surface area contributed by atoms with Crippen LogP contribution in [0.15, 0.2) is 42.5 Å². The minimum atomic E-state index is 1.02. The van der Waals surface area contributed by atoms with E-state index in [0.29, 0.717) is 0 Å². The van der Waals surface area contributed by atoms with E-state index < -0.39 is 0 Å². The number of aryl methyl sites for hydroxylation is 1. The van der Waals surface area contributed by atoms with Gasteiger partial charge in [0.2, 0.25) is 0 Å². The Balaban J connectivity index is 2.44. The number of rotatable bonds is 2. The maximum atomic E-state index is 2.76. The lowest BCUT2D eigenvalue weighted by Gasteiger charge is -2.08. The quantitative estimate of drug-likeness (QED) is 0.711. The van der Waals surface area contributed by atoms with E-state index in [9.17, 15) is 0 Å². The van der Waals surface area contributed by atoms with Crippen LogP contribution in [-0.2, 0) is 6.16 Å². The lowest BCUT2D eigenvalue weighted by Crippen LogP contribution is -1.90. The van der Waals surface area contributed by atoms with E-state index in [1.54, 1.807) is 0 Å². The van der Waals surface area contributed by atoms with E-state index in [0.717, 1.165) is 6.16 Å². The van der Waals surface area contributed by atoms with Crippen LogP contribution in [0.25, 0.3) is 11.1 Å². The fourth-order valence-corrected chi connectivity index (χ4v) is 2.29. The van der Waals surface area contributed by atoms with E-state index in [-0.39, 0.29) is 0 Å². The van der Waals surface area contributed by atoms with Crippen LogP contribution in [-0.4, -0.2) is 0 Å². The first-order chi connectivity index (χ1) is 7.70. The van der Waals surface area contributed by atoms with Gasteiger partial charge >= 0.3 is 0 Å². The molecule has 0 N–H and O–H groups in total. The first-order valence-corrected chi connectivity index (χ1v) is 6.75. The van der Waals surface area contributed by atoms with Gasteiger partial charge in [0.15, 0.2) is 0 Å². The zero-order chi connectivity index (χ0) is 11.5. The van der Waals surface area contributed by atoms with E-state index in [1.165, 1.54) is 27.6 Å². The molecule has 0 amide bonds. The van der Waals surface area contributed by atoms with Gasteiger partial charge in [0.05, 0.1) is 0 Å². The second kappa shape index (κ2) is 5.09. The van der Waals surface area contributed by atoms with Gasteiger partial charge in [-0.2, -0.15) is 0 Å². The molecule has 0 nitrogen and oxygen atoms in total. The molecule has 0 spiro atoms. The number of hydrogen-bond donors (Lipinski definition) is 0. The molecular formula is C14H16P2. The Hall–Kier alpha value is -0.700. The highest BCUT2D eigenvalue weighted by Crippen LogP contribution is 2.24. The zero-order valence-corrected chi connectivity index (χ0v) is 11.7. The minimum absolute atomic E-state index is 1.02. The highest BCUT2D eigenvalue weighted by Gasteiger charge is 2.02. The predicted octanol–water partition coefficient (Wildman–Crippen LogP) is 3.54. The summed E-state index contributed by atoms with van der Waals surface area (Å²) in [5, 5.41) is 1.22. The van der Waals surface area contributed by atoms with Crippen molar-refractivity contribution in [3.8, 4) is 11.1 Å². The molecule has 16 heavy (non-hydrogen) atoms. The normalized spacial score (nSPS) is 10.4. The van der Waals surface area contributed by atoms with E-state index in [1.807, 2.05) is 0 Å². The fraction of sp³-hybridized carbons (Fsp3) is 0.143. The Bertz CT molecular complexity index is 487. The molecule has 2 unspecified atom stereocenters. The van der Waals surface area contributed by atoms with Gasteiger partial charge in [-0.1, -0.05) is 42.5 Å². The third-order valence-corrected chi connectivity index (χ3v) is 3.60. The molecule has 82 valence electrons. The highest BCUT2D eigenvalue weighted by atomic mass is 31.0. The van der Waals surface area contributed by atoms with Crippen LogP contribution in [0.3, 0.4) is 0 Å². The average molecular weight is 246 g/mol. The summed E-state index contributed by atoms with van der Waals surface area (Å²) in [6.07, 6.45) is 1.02. The molecule has 0 fully saturated rings. The summed E-state index contributed by atoms with van der Waals surface area (Å²) in [6, 6.07) is 15.3. The second-order valence-corrected chi connectivity index (χ2v) is 5.05. The van der Waals surface area contributed by atoms with Crippen molar-refractivity contribution < 1.29 is 0 Å². The van der Waals surface area contributed by atoms with Gasteiger partial charge in [-0.25, -0.2) is 0 Å². The Morgan fingerprint density at radius 2 is 1.69 bits per heavy atom. The van der Waals surface area contributed by atoms with Crippen LogP contribution in [0.4, 0.5) is 0 Å². The molecule has 2 rings (SSSR count). The van der Waals surface area contributed by atoms with Gasteiger partial charge in [0.1, 0.15) is 0 Å². The van der Waals surface area contributed by atoms with E-state index in [4.69, 9.17) is 0 Å². The van der Waals surface area contributed by atoms with Crippen LogP contribution in [0, 0.1) is 6.92 Å². The molecule has 2 atom stereocenters. The maximum absolute atomic E-state index is 2.76. The van der Waals surface area contributed by atoms with Crippen LogP contribution in [0.2, 0.25) is 0 Å². The van der Waals surface area contributed by atoms with Gasteiger partial charge in [0, 0.05) is 0 Å². The molecule has 0 heterocycles. The van der Waals surface area contributed by atoms with E-state index in [2.05, 4.69) is 67.9 Å². The summed E-state index contributed by atoms with van der Waals surface area (Å²) in [5.41, 5.74) is 5.33. The molecule has 0 saturated carbocycles. The SMILES string of the molecule is Cc1cc(CP)ccc1-c1ccc(P)cc1. The van der Waals surface area contributed by atoms with Crippen molar-refractivity contribution in [3.63, 3.8) is 0 Å². The minimum Gasteiger partial charge on any atom is -0.133 e. The van der Waals surface area contributed by atoms with Crippen molar-refractivity contribution in [2.24, 2.45) is 0 Å². The van der Waals surface area contributed by atoms with Gasteiger partial charge in [-0.15, -0.1) is 18.5 Å². The molecule has 0 aromatic heterocycles. The Morgan fingerprint density at radius 1 is 1.00 bits per heavy atom. The summed E-state index contributed by atoms with van der Waals surface area (Å²) in [7, 11) is 5.48. The summed E-state index contributed by atoms with van der Waals surface area (Å²) in [5.74, 6) is 0. The Labute approximate surface area is 102 Å². The third-order valence-electron chi connectivity index (χ3n) is 2.75. The molecule has 0 bridgehead atoms. The average Bonchev–Trinajstić information content (AvgIpc) is 2.30. The smallest absolute Gasteiger partial charge is 0.0128 e. The Morgan fingerprint density at radius 3 is 2.25 bits per heavy atom. The number of hydrogen-bond acceptors (Lipinski definition) is 0. The molecule has 2 aromatic rings. The van der Waals surface area contributed by atoms with Crippen LogP contribution >= 0.6 is 18.5 Å². The largest absolute Gasteiger partial charge is 0.133 e. The van der Waals surface area contributed by atoms with Crippen molar-refractivity contribution >= 4 is 23.8 Å².